The zero-order chi connectivity index (χ0) is 24.1. The fourth-order valence-electron chi connectivity index (χ4n) is 3.78. The standard InChI is InChI=1S/C25H29F2N7/c1-4-6-14-25(26,27)24-28-23(17(3)5-2)34(31-24)16-18-10-12-19(13-11-18)20-8-7-9-21(15-20)22-29-32-33-30-22/h7-13,15,17H,4-6,14,16H2,1-3H3,(H,29,30,32,33). The van der Waals surface area contributed by atoms with E-state index in [1.54, 1.807) is 4.68 Å². The third-order valence-corrected chi connectivity index (χ3v) is 6.01. The molecule has 1 atom stereocenters. The van der Waals surface area contributed by atoms with Crippen molar-refractivity contribution in [2.24, 2.45) is 0 Å². The Morgan fingerprint density at radius 2 is 1.79 bits per heavy atom. The summed E-state index contributed by atoms with van der Waals surface area (Å²) in [6.07, 6.45) is 1.72. The third kappa shape index (κ3) is 5.18. The molecule has 0 saturated heterocycles. The van der Waals surface area contributed by atoms with Crippen molar-refractivity contribution >= 4 is 0 Å². The first-order valence-electron chi connectivity index (χ1n) is 11.7. The average molecular weight is 466 g/mol. The predicted octanol–water partition coefficient (Wildman–Crippen LogP) is 5.97. The minimum Gasteiger partial charge on any atom is -0.245 e. The molecule has 7 nitrogen and oxygen atoms in total. The molecule has 178 valence electrons. The van der Waals surface area contributed by atoms with E-state index in [2.05, 4.69) is 30.7 Å². The smallest absolute Gasteiger partial charge is 0.245 e. The summed E-state index contributed by atoms with van der Waals surface area (Å²) in [7, 11) is 0. The van der Waals surface area contributed by atoms with Gasteiger partial charge in [-0.25, -0.2) is 9.67 Å². The van der Waals surface area contributed by atoms with Crippen LogP contribution in [0.15, 0.2) is 48.5 Å². The number of tetrazole rings is 1. The SMILES string of the molecule is CCCCC(F)(F)c1nc(C(C)CC)n(Cc2ccc(-c3cccc(-c4nn[nH]n4)c3)cc2)n1. The summed E-state index contributed by atoms with van der Waals surface area (Å²) in [5.41, 5.74) is 3.89. The lowest BCUT2D eigenvalue weighted by atomic mass is 10.0. The lowest BCUT2D eigenvalue weighted by Gasteiger charge is -2.11. The number of aromatic nitrogens is 7. The van der Waals surface area contributed by atoms with Gasteiger partial charge in [-0.3, -0.25) is 0 Å². The molecule has 0 aliphatic carbocycles. The highest BCUT2D eigenvalue weighted by molar-refractivity contribution is 5.70. The van der Waals surface area contributed by atoms with Gasteiger partial charge in [0.1, 0.15) is 5.82 Å². The molecular formula is C25H29F2N7. The molecule has 0 aliphatic heterocycles. The van der Waals surface area contributed by atoms with Gasteiger partial charge in [0.2, 0.25) is 11.6 Å². The van der Waals surface area contributed by atoms with Crippen molar-refractivity contribution in [3.05, 3.63) is 65.7 Å². The Bertz CT molecular complexity index is 1200. The first-order valence-corrected chi connectivity index (χ1v) is 11.7. The average Bonchev–Trinajstić information content (AvgIpc) is 3.54. The highest BCUT2D eigenvalue weighted by Gasteiger charge is 2.37. The largest absolute Gasteiger partial charge is 0.308 e. The number of alkyl halides is 2. The van der Waals surface area contributed by atoms with Crippen molar-refractivity contribution in [2.45, 2.75) is 64.8 Å². The Morgan fingerprint density at radius 1 is 1.03 bits per heavy atom. The maximum atomic E-state index is 14.7. The molecule has 1 N–H and O–H groups in total. The zero-order valence-electron chi connectivity index (χ0n) is 19.7. The maximum absolute atomic E-state index is 14.7. The van der Waals surface area contributed by atoms with Gasteiger partial charge in [0.15, 0.2) is 0 Å². The van der Waals surface area contributed by atoms with Gasteiger partial charge in [0.05, 0.1) is 6.54 Å². The highest BCUT2D eigenvalue weighted by Crippen LogP contribution is 2.33. The number of benzene rings is 2. The van der Waals surface area contributed by atoms with Crippen LogP contribution in [-0.4, -0.2) is 35.4 Å². The summed E-state index contributed by atoms with van der Waals surface area (Å²) in [5, 5.41) is 18.4. The second kappa shape index (κ2) is 10.2. The summed E-state index contributed by atoms with van der Waals surface area (Å²) in [5.74, 6) is -2.21. The lowest BCUT2D eigenvalue weighted by molar-refractivity contribution is -0.0245. The summed E-state index contributed by atoms with van der Waals surface area (Å²) in [6, 6.07) is 15.9. The van der Waals surface area contributed by atoms with Crippen LogP contribution in [0.3, 0.4) is 0 Å². The van der Waals surface area contributed by atoms with Crippen LogP contribution in [0, 0.1) is 0 Å². The van der Waals surface area contributed by atoms with Crippen molar-refractivity contribution in [2.75, 3.05) is 0 Å². The van der Waals surface area contributed by atoms with E-state index in [0.29, 0.717) is 31.0 Å². The minimum atomic E-state index is -3.02. The number of aromatic amines is 1. The van der Waals surface area contributed by atoms with E-state index in [0.717, 1.165) is 28.7 Å². The molecule has 0 spiro atoms. The van der Waals surface area contributed by atoms with Crippen LogP contribution in [0.25, 0.3) is 22.5 Å². The molecule has 2 aromatic carbocycles. The number of hydrogen-bond donors (Lipinski definition) is 1. The Balaban J connectivity index is 1.57. The van der Waals surface area contributed by atoms with E-state index in [1.165, 1.54) is 0 Å². The van der Waals surface area contributed by atoms with Gasteiger partial charge in [-0.1, -0.05) is 69.7 Å². The molecule has 4 rings (SSSR count). The highest BCUT2D eigenvalue weighted by atomic mass is 19.3. The molecule has 0 bridgehead atoms. The van der Waals surface area contributed by atoms with Crippen LogP contribution < -0.4 is 0 Å². The number of nitrogens with zero attached hydrogens (tertiary/aromatic N) is 6. The number of hydrogen-bond acceptors (Lipinski definition) is 5. The van der Waals surface area contributed by atoms with Crippen LogP contribution in [0.4, 0.5) is 8.78 Å². The molecule has 4 aromatic rings. The fourth-order valence-corrected chi connectivity index (χ4v) is 3.78. The second-order valence-electron chi connectivity index (χ2n) is 8.58. The normalized spacial score (nSPS) is 12.7. The molecule has 2 aromatic heterocycles. The Labute approximate surface area is 197 Å². The van der Waals surface area contributed by atoms with Crippen molar-refractivity contribution in [1.29, 1.82) is 0 Å². The molecule has 9 heteroatoms. The summed E-state index contributed by atoms with van der Waals surface area (Å²) < 4.78 is 31.0. The van der Waals surface area contributed by atoms with E-state index < -0.39 is 5.92 Å². The number of unbranched alkanes of at least 4 members (excludes halogenated alkanes) is 1. The van der Waals surface area contributed by atoms with Crippen LogP contribution in [0.2, 0.25) is 0 Å². The van der Waals surface area contributed by atoms with Gasteiger partial charge in [-0.2, -0.15) is 14.0 Å². The third-order valence-electron chi connectivity index (χ3n) is 6.01. The molecule has 0 saturated carbocycles. The van der Waals surface area contributed by atoms with E-state index in [9.17, 15) is 8.78 Å². The van der Waals surface area contributed by atoms with Gasteiger partial charge >= 0.3 is 5.92 Å². The van der Waals surface area contributed by atoms with Gasteiger partial charge in [-0.15, -0.1) is 15.3 Å². The topological polar surface area (TPSA) is 85.2 Å². The van der Waals surface area contributed by atoms with Crippen molar-refractivity contribution in [1.82, 2.24) is 35.4 Å². The first kappa shape index (κ1) is 23.7. The molecule has 0 aliphatic rings. The molecule has 0 radical (unpaired) electrons. The number of nitrogens with one attached hydrogen (secondary N) is 1. The van der Waals surface area contributed by atoms with Crippen molar-refractivity contribution in [3.8, 4) is 22.5 Å². The zero-order valence-corrected chi connectivity index (χ0v) is 19.7. The fraction of sp³-hybridized carbons (Fsp3) is 0.400. The predicted molar refractivity (Wildman–Crippen MR) is 126 cm³/mol. The van der Waals surface area contributed by atoms with Crippen LogP contribution in [0.5, 0.6) is 0 Å². The Kier molecular flexibility index (Phi) is 7.09. The van der Waals surface area contributed by atoms with E-state index in [1.807, 2.05) is 69.3 Å². The van der Waals surface area contributed by atoms with E-state index in [4.69, 9.17) is 0 Å². The van der Waals surface area contributed by atoms with Gasteiger partial charge < -0.3 is 0 Å². The van der Waals surface area contributed by atoms with Crippen molar-refractivity contribution in [3.63, 3.8) is 0 Å². The van der Waals surface area contributed by atoms with Crippen LogP contribution >= 0.6 is 0 Å². The quantitative estimate of drug-likeness (QED) is 0.312. The molecule has 1 unspecified atom stereocenters. The van der Waals surface area contributed by atoms with E-state index >= 15 is 0 Å². The molecule has 2 heterocycles. The first-order chi connectivity index (χ1) is 16.4. The maximum Gasteiger partial charge on any atom is 0.308 e. The number of halogens is 2. The summed E-state index contributed by atoms with van der Waals surface area (Å²) in [4.78, 5) is 4.28. The molecule has 34 heavy (non-hydrogen) atoms. The lowest BCUT2D eigenvalue weighted by Crippen LogP contribution is -2.16. The minimum absolute atomic E-state index is 0.0374. The van der Waals surface area contributed by atoms with Gasteiger partial charge in [0, 0.05) is 17.9 Å². The summed E-state index contributed by atoms with van der Waals surface area (Å²) in [6.45, 7) is 6.31. The van der Waals surface area contributed by atoms with Crippen LogP contribution in [0.1, 0.15) is 69.6 Å². The monoisotopic (exact) mass is 465 g/mol. The molecular weight excluding hydrogens is 436 g/mol. The summed E-state index contributed by atoms with van der Waals surface area (Å²) >= 11 is 0. The van der Waals surface area contributed by atoms with Gasteiger partial charge in [0.25, 0.3) is 0 Å². The second-order valence-corrected chi connectivity index (χ2v) is 8.58. The number of rotatable bonds is 10. The van der Waals surface area contributed by atoms with Gasteiger partial charge in [-0.05, 0) is 40.8 Å². The molecule has 0 fully saturated rings. The Hall–Kier alpha value is -3.49. The van der Waals surface area contributed by atoms with E-state index in [-0.39, 0.29) is 18.2 Å². The molecule has 0 amide bonds. The Morgan fingerprint density at radius 3 is 2.47 bits per heavy atom. The van der Waals surface area contributed by atoms with Crippen molar-refractivity contribution < 1.29 is 8.78 Å². The van der Waals surface area contributed by atoms with Crippen LogP contribution in [-0.2, 0) is 12.5 Å². The number of H-pyrrole nitrogens is 1.